The molecule has 4 N–H and O–H groups in total. The van der Waals surface area contributed by atoms with Gasteiger partial charge in [-0.25, -0.2) is 0 Å². The minimum Gasteiger partial charge on any atom is -0.390 e. The van der Waals surface area contributed by atoms with Crippen molar-refractivity contribution >= 4 is 5.84 Å². The number of hydrogen-bond acceptors (Lipinski definition) is 3. The van der Waals surface area contributed by atoms with Crippen LogP contribution in [0.15, 0.2) is 0 Å². The molecule has 14 heavy (non-hydrogen) atoms. The predicted octanol–water partition coefficient (Wildman–Crippen LogP) is 0.159. The van der Waals surface area contributed by atoms with Gasteiger partial charge in [0.1, 0.15) is 0 Å². The molecule has 0 radical (unpaired) electrons. The molecule has 0 aromatic heterocycles. The highest BCUT2D eigenvalue weighted by Gasteiger charge is 2.40. The third kappa shape index (κ3) is 1.64. The van der Waals surface area contributed by atoms with Crippen LogP contribution in [0.3, 0.4) is 0 Å². The topological polar surface area (TPSA) is 73.3 Å². The van der Waals surface area contributed by atoms with Crippen molar-refractivity contribution in [2.24, 2.45) is 11.1 Å². The molecule has 2 fully saturated rings. The first-order valence-corrected chi connectivity index (χ1v) is 5.37. The van der Waals surface area contributed by atoms with Crippen LogP contribution in [-0.2, 0) is 0 Å². The fraction of sp³-hybridized carbons (Fsp3) is 0.900. The van der Waals surface area contributed by atoms with Gasteiger partial charge in [0.15, 0.2) is 0 Å². The first-order valence-electron chi connectivity index (χ1n) is 5.37. The molecule has 0 aromatic rings. The number of rotatable bonds is 3. The Morgan fingerprint density at radius 3 is 2.43 bits per heavy atom. The normalized spacial score (nSPS) is 27.5. The van der Waals surface area contributed by atoms with Crippen molar-refractivity contribution in [3.8, 4) is 0 Å². The Hall–Kier alpha value is -0.610. The third-order valence-corrected chi connectivity index (χ3v) is 3.60. The molecule has 0 amide bonds. The summed E-state index contributed by atoms with van der Waals surface area (Å²) < 4.78 is 0. The molecule has 80 valence electrons. The van der Waals surface area contributed by atoms with Crippen LogP contribution in [0.5, 0.6) is 0 Å². The molecular formula is C10H19N3O. The molecule has 2 aliphatic rings. The van der Waals surface area contributed by atoms with Crippen molar-refractivity contribution in [3.05, 3.63) is 0 Å². The van der Waals surface area contributed by atoms with Crippen molar-refractivity contribution in [1.82, 2.24) is 4.90 Å². The van der Waals surface area contributed by atoms with E-state index in [1.54, 1.807) is 0 Å². The molecule has 0 bridgehead atoms. The average molecular weight is 197 g/mol. The summed E-state index contributed by atoms with van der Waals surface area (Å²) in [6.45, 7) is 2.39. The molecule has 1 saturated heterocycles. The molecule has 1 aliphatic heterocycles. The summed E-state index contributed by atoms with van der Waals surface area (Å²) >= 11 is 0. The molecule has 0 spiro atoms. The standard InChI is InChI=1S/C10H19N3O/c11-9(12)10(3-1-2-4-10)7-13-5-8(14)6-13/h8,14H,1-7H2,(H3,11,12). The van der Waals surface area contributed by atoms with E-state index >= 15 is 0 Å². The largest absolute Gasteiger partial charge is 0.390 e. The number of nitrogens with zero attached hydrogens (tertiary/aromatic N) is 1. The fourth-order valence-electron chi connectivity index (χ4n) is 2.66. The van der Waals surface area contributed by atoms with E-state index in [2.05, 4.69) is 4.90 Å². The zero-order chi connectivity index (χ0) is 10.2. The van der Waals surface area contributed by atoms with E-state index < -0.39 is 0 Å². The van der Waals surface area contributed by atoms with Crippen LogP contribution in [0, 0.1) is 10.8 Å². The first kappa shape index (κ1) is 9.93. The van der Waals surface area contributed by atoms with Gasteiger partial charge in [-0.15, -0.1) is 0 Å². The van der Waals surface area contributed by atoms with Gasteiger partial charge in [-0.3, -0.25) is 10.3 Å². The summed E-state index contributed by atoms with van der Waals surface area (Å²) in [6, 6.07) is 0. The van der Waals surface area contributed by atoms with Gasteiger partial charge in [-0.1, -0.05) is 12.8 Å². The maximum Gasteiger partial charge on any atom is 0.0981 e. The van der Waals surface area contributed by atoms with Crippen molar-refractivity contribution in [2.45, 2.75) is 31.8 Å². The molecule has 0 atom stereocenters. The SMILES string of the molecule is N=C(N)C1(CN2CC(O)C2)CCCC1. The molecule has 4 nitrogen and oxygen atoms in total. The van der Waals surface area contributed by atoms with E-state index in [4.69, 9.17) is 11.1 Å². The molecule has 2 rings (SSSR count). The van der Waals surface area contributed by atoms with Crippen LogP contribution in [0.25, 0.3) is 0 Å². The molecule has 1 aliphatic carbocycles. The van der Waals surface area contributed by atoms with Crippen LogP contribution < -0.4 is 5.73 Å². The summed E-state index contributed by atoms with van der Waals surface area (Å²) in [6.07, 6.45) is 4.33. The summed E-state index contributed by atoms with van der Waals surface area (Å²) in [5, 5.41) is 16.9. The van der Waals surface area contributed by atoms with Gasteiger partial charge in [0.2, 0.25) is 0 Å². The lowest BCUT2D eigenvalue weighted by Gasteiger charge is -2.42. The smallest absolute Gasteiger partial charge is 0.0981 e. The number of β-amino-alcohol motifs (C(OH)–C–C–N with tert-alkyl or cyclic N) is 1. The zero-order valence-electron chi connectivity index (χ0n) is 8.50. The molecular weight excluding hydrogens is 178 g/mol. The fourth-order valence-corrected chi connectivity index (χ4v) is 2.66. The summed E-state index contributed by atoms with van der Waals surface area (Å²) in [7, 11) is 0. The Labute approximate surface area is 84.6 Å². The average Bonchev–Trinajstić information content (AvgIpc) is 2.51. The van der Waals surface area contributed by atoms with E-state index in [0.29, 0.717) is 5.84 Å². The monoisotopic (exact) mass is 197 g/mol. The number of aliphatic hydroxyl groups excluding tert-OH is 1. The first-order chi connectivity index (χ1) is 6.62. The summed E-state index contributed by atoms with van der Waals surface area (Å²) in [4.78, 5) is 2.21. The van der Waals surface area contributed by atoms with Crippen LogP contribution in [0.2, 0.25) is 0 Å². The van der Waals surface area contributed by atoms with Gasteiger partial charge in [0.05, 0.1) is 11.9 Å². The number of hydrogen-bond donors (Lipinski definition) is 3. The Kier molecular flexibility index (Phi) is 2.49. The number of aliphatic hydroxyl groups is 1. The second kappa shape index (κ2) is 3.51. The minimum absolute atomic E-state index is 0.0693. The van der Waals surface area contributed by atoms with Crippen molar-refractivity contribution < 1.29 is 5.11 Å². The van der Waals surface area contributed by atoms with Crippen LogP contribution in [0.4, 0.5) is 0 Å². The van der Waals surface area contributed by atoms with Gasteiger partial charge in [0.25, 0.3) is 0 Å². The second-order valence-corrected chi connectivity index (χ2v) is 4.75. The van der Waals surface area contributed by atoms with E-state index in [-0.39, 0.29) is 11.5 Å². The van der Waals surface area contributed by atoms with Gasteiger partial charge >= 0.3 is 0 Å². The van der Waals surface area contributed by atoms with Gasteiger partial charge < -0.3 is 10.8 Å². The van der Waals surface area contributed by atoms with Gasteiger partial charge in [0, 0.05) is 25.0 Å². The van der Waals surface area contributed by atoms with Crippen molar-refractivity contribution in [2.75, 3.05) is 19.6 Å². The zero-order valence-corrected chi connectivity index (χ0v) is 8.50. The van der Waals surface area contributed by atoms with Crippen molar-refractivity contribution in [1.29, 1.82) is 5.41 Å². The van der Waals surface area contributed by atoms with Crippen LogP contribution >= 0.6 is 0 Å². The Balaban J connectivity index is 1.94. The predicted molar refractivity (Wildman–Crippen MR) is 55.3 cm³/mol. The maximum atomic E-state index is 9.19. The van der Waals surface area contributed by atoms with Crippen LogP contribution in [-0.4, -0.2) is 41.6 Å². The highest BCUT2D eigenvalue weighted by atomic mass is 16.3. The molecule has 0 unspecified atom stereocenters. The minimum atomic E-state index is -0.152. The lowest BCUT2D eigenvalue weighted by atomic mass is 9.83. The molecule has 1 heterocycles. The number of amidine groups is 1. The van der Waals surface area contributed by atoms with E-state index in [9.17, 15) is 5.11 Å². The number of nitrogens with two attached hydrogens (primary N) is 1. The third-order valence-electron chi connectivity index (χ3n) is 3.60. The van der Waals surface area contributed by atoms with Crippen LogP contribution in [0.1, 0.15) is 25.7 Å². The van der Waals surface area contributed by atoms with E-state index in [1.807, 2.05) is 0 Å². The molecule has 0 aromatic carbocycles. The molecule has 1 saturated carbocycles. The maximum absolute atomic E-state index is 9.19. The van der Waals surface area contributed by atoms with Gasteiger partial charge in [-0.05, 0) is 12.8 Å². The summed E-state index contributed by atoms with van der Waals surface area (Å²) in [5.74, 6) is 0.344. The Morgan fingerprint density at radius 2 is 2.00 bits per heavy atom. The van der Waals surface area contributed by atoms with Gasteiger partial charge in [-0.2, -0.15) is 0 Å². The highest BCUT2D eigenvalue weighted by Crippen LogP contribution is 2.39. The lowest BCUT2D eigenvalue weighted by Crippen LogP contribution is -2.56. The Morgan fingerprint density at radius 1 is 1.43 bits per heavy atom. The molecule has 4 heteroatoms. The summed E-state index contributed by atoms with van der Waals surface area (Å²) in [5.41, 5.74) is 5.62. The quantitative estimate of drug-likeness (QED) is 0.446. The number of nitrogens with one attached hydrogen (secondary N) is 1. The van der Waals surface area contributed by atoms with E-state index in [1.165, 1.54) is 12.8 Å². The van der Waals surface area contributed by atoms with Crippen molar-refractivity contribution in [3.63, 3.8) is 0 Å². The Bertz CT molecular complexity index is 230. The van der Waals surface area contributed by atoms with E-state index in [0.717, 1.165) is 32.5 Å². The number of likely N-dealkylation sites (tertiary alicyclic amines) is 1. The highest BCUT2D eigenvalue weighted by molar-refractivity contribution is 5.84. The lowest BCUT2D eigenvalue weighted by molar-refractivity contribution is -0.0123. The second-order valence-electron chi connectivity index (χ2n) is 4.75.